The second kappa shape index (κ2) is 5.17. The van der Waals surface area contributed by atoms with Gasteiger partial charge in [0.25, 0.3) is 0 Å². The van der Waals surface area contributed by atoms with E-state index in [9.17, 15) is 5.11 Å². The highest BCUT2D eigenvalue weighted by atomic mass is 79.9. The van der Waals surface area contributed by atoms with Gasteiger partial charge >= 0.3 is 0 Å². The van der Waals surface area contributed by atoms with Crippen molar-refractivity contribution in [3.05, 3.63) is 28.2 Å². The number of ether oxygens (including phenoxy) is 1. The van der Waals surface area contributed by atoms with Gasteiger partial charge in [0.2, 0.25) is 0 Å². The third-order valence-corrected chi connectivity index (χ3v) is 3.29. The molecule has 1 aliphatic heterocycles. The number of nitrogens with zero attached hydrogens (tertiary/aromatic N) is 1. The zero-order valence-electron chi connectivity index (χ0n) is 9.32. The van der Waals surface area contributed by atoms with E-state index in [1.165, 1.54) is 0 Å². The molecule has 0 aliphatic carbocycles. The first-order chi connectivity index (χ1) is 7.70. The van der Waals surface area contributed by atoms with E-state index in [0.717, 1.165) is 35.4 Å². The second-order valence-corrected chi connectivity index (χ2v) is 4.97. The van der Waals surface area contributed by atoms with Crippen LogP contribution in [0.15, 0.2) is 22.7 Å². The van der Waals surface area contributed by atoms with E-state index in [0.29, 0.717) is 0 Å². The molecule has 0 saturated carbocycles. The first-order valence-electron chi connectivity index (χ1n) is 5.46. The molecule has 1 heterocycles. The average Bonchev–Trinajstić information content (AvgIpc) is 2.29. The molecule has 1 aliphatic rings. The normalized spacial score (nSPS) is 21.2. The highest BCUT2D eigenvalue weighted by Gasteiger charge is 2.19. The summed E-state index contributed by atoms with van der Waals surface area (Å²) in [5, 5.41) is 9.33. The van der Waals surface area contributed by atoms with E-state index in [1.807, 2.05) is 12.1 Å². The van der Waals surface area contributed by atoms with E-state index in [4.69, 9.17) is 4.74 Å². The van der Waals surface area contributed by atoms with Gasteiger partial charge in [-0.2, -0.15) is 0 Å². The molecule has 0 aromatic heterocycles. The molecule has 3 nitrogen and oxygen atoms in total. The van der Waals surface area contributed by atoms with Gasteiger partial charge in [0.15, 0.2) is 0 Å². The molecule has 0 bridgehead atoms. The summed E-state index contributed by atoms with van der Waals surface area (Å²) in [4.78, 5) is 2.27. The predicted molar refractivity (Wildman–Crippen MR) is 67.7 cm³/mol. The van der Waals surface area contributed by atoms with Crippen molar-refractivity contribution in [2.24, 2.45) is 0 Å². The summed E-state index contributed by atoms with van der Waals surface area (Å²) in [6.07, 6.45) is 0.249. The van der Waals surface area contributed by atoms with Gasteiger partial charge in [-0.25, -0.2) is 0 Å². The second-order valence-electron chi connectivity index (χ2n) is 4.06. The highest BCUT2D eigenvalue weighted by Crippen LogP contribution is 2.26. The Bertz CT molecular complexity index is 370. The smallest absolute Gasteiger partial charge is 0.0722 e. The van der Waals surface area contributed by atoms with Crippen molar-refractivity contribution in [3.63, 3.8) is 0 Å². The molecule has 0 spiro atoms. The monoisotopic (exact) mass is 285 g/mol. The maximum absolute atomic E-state index is 9.33. The first kappa shape index (κ1) is 11.9. The molecule has 1 unspecified atom stereocenters. The van der Waals surface area contributed by atoms with Gasteiger partial charge < -0.3 is 14.7 Å². The summed E-state index contributed by atoms with van der Waals surface area (Å²) in [7, 11) is 0. The van der Waals surface area contributed by atoms with Gasteiger partial charge in [-0.05, 0) is 19.1 Å². The van der Waals surface area contributed by atoms with E-state index < -0.39 is 0 Å². The van der Waals surface area contributed by atoms with Crippen molar-refractivity contribution in [1.82, 2.24) is 0 Å². The van der Waals surface area contributed by atoms with E-state index in [-0.39, 0.29) is 12.7 Å². The fraction of sp³-hybridized carbons (Fsp3) is 0.500. The number of halogens is 1. The Morgan fingerprint density at radius 3 is 3.06 bits per heavy atom. The highest BCUT2D eigenvalue weighted by molar-refractivity contribution is 9.10. The first-order valence-corrected chi connectivity index (χ1v) is 6.26. The molecule has 16 heavy (non-hydrogen) atoms. The van der Waals surface area contributed by atoms with Gasteiger partial charge in [0, 0.05) is 28.8 Å². The number of hydrogen-bond acceptors (Lipinski definition) is 3. The Morgan fingerprint density at radius 2 is 2.38 bits per heavy atom. The van der Waals surface area contributed by atoms with Gasteiger partial charge in [-0.3, -0.25) is 0 Å². The summed E-state index contributed by atoms with van der Waals surface area (Å²) in [6.45, 7) is 4.66. The largest absolute Gasteiger partial charge is 0.392 e. The lowest BCUT2D eigenvalue weighted by molar-refractivity contribution is 0.0531. The number of aliphatic hydroxyl groups excluding tert-OH is 1. The Hall–Kier alpha value is -0.580. The molecule has 1 aromatic carbocycles. The van der Waals surface area contributed by atoms with Crippen LogP contribution in [0, 0.1) is 0 Å². The molecular formula is C12H16BrNO2. The van der Waals surface area contributed by atoms with E-state index in [2.05, 4.69) is 33.8 Å². The number of benzene rings is 1. The molecule has 1 aromatic rings. The Morgan fingerprint density at radius 1 is 1.56 bits per heavy atom. The minimum Gasteiger partial charge on any atom is -0.392 e. The zero-order valence-corrected chi connectivity index (χ0v) is 10.9. The van der Waals surface area contributed by atoms with Crippen molar-refractivity contribution in [3.8, 4) is 0 Å². The predicted octanol–water partition coefficient (Wildman–Crippen LogP) is 2.17. The summed E-state index contributed by atoms with van der Waals surface area (Å²) in [5.74, 6) is 0. The molecule has 2 rings (SSSR count). The minimum absolute atomic E-state index is 0.0777. The Labute approximate surface area is 104 Å². The van der Waals surface area contributed by atoms with Gasteiger partial charge in [-0.1, -0.05) is 22.0 Å². The van der Waals surface area contributed by atoms with Crippen LogP contribution in [0.2, 0.25) is 0 Å². The van der Waals surface area contributed by atoms with E-state index in [1.54, 1.807) is 0 Å². The van der Waals surface area contributed by atoms with Crippen LogP contribution in [-0.4, -0.2) is 30.9 Å². The minimum atomic E-state index is 0.0777. The molecule has 0 amide bonds. The van der Waals surface area contributed by atoms with Crippen LogP contribution in [0.1, 0.15) is 12.5 Å². The molecule has 0 radical (unpaired) electrons. The lowest BCUT2D eigenvalue weighted by Gasteiger charge is -2.34. The van der Waals surface area contributed by atoms with Crippen molar-refractivity contribution in [2.45, 2.75) is 19.6 Å². The van der Waals surface area contributed by atoms with Crippen molar-refractivity contribution in [2.75, 3.05) is 24.6 Å². The maximum atomic E-state index is 9.33. The van der Waals surface area contributed by atoms with Crippen LogP contribution in [0.5, 0.6) is 0 Å². The SMILES string of the molecule is CC1CN(c2cc(Br)ccc2CO)CCO1. The summed E-state index contributed by atoms with van der Waals surface area (Å²) >= 11 is 3.47. The van der Waals surface area contributed by atoms with Crippen molar-refractivity contribution >= 4 is 21.6 Å². The standard InChI is InChI=1S/C12H16BrNO2/c1-9-7-14(4-5-16-9)12-6-11(13)3-2-10(12)8-15/h2-3,6,9,15H,4-5,7-8H2,1H3. The van der Waals surface area contributed by atoms with Gasteiger partial charge in [0.05, 0.1) is 19.3 Å². The van der Waals surface area contributed by atoms with E-state index >= 15 is 0 Å². The summed E-state index contributed by atoms with van der Waals surface area (Å²) in [5.41, 5.74) is 2.07. The average molecular weight is 286 g/mol. The number of aliphatic hydroxyl groups is 1. The molecule has 1 atom stereocenters. The van der Waals surface area contributed by atoms with Gasteiger partial charge in [-0.15, -0.1) is 0 Å². The third kappa shape index (κ3) is 2.56. The topological polar surface area (TPSA) is 32.7 Å². The Kier molecular flexibility index (Phi) is 3.84. The fourth-order valence-corrected chi connectivity index (χ4v) is 2.35. The van der Waals surface area contributed by atoms with Crippen LogP contribution in [0.4, 0.5) is 5.69 Å². The van der Waals surface area contributed by atoms with Crippen LogP contribution in [0.25, 0.3) is 0 Å². The molecule has 4 heteroatoms. The van der Waals surface area contributed by atoms with Crippen LogP contribution < -0.4 is 4.90 Å². The molecule has 1 saturated heterocycles. The van der Waals surface area contributed by atoms with Crippen LogP contribution in [0.3, 0.4) is 0 Å². The van der Waals surface area contributed by atoms with Gasteiger partial charge in [0.1, 0.15) is 0 Å². The number of anilines is 1. The number of hydrogen-bond donors (Lipinski definition) is 1. The van der Waals surface area contributed by atoms with Crippen molar-refractivity contribution in [1.29, 1.82) is 0 Å². The summed E-state index contributed by atoms with van der Waals surface area (Å²) < 4.78 is 6.56. The molecule has 88 valence electrons. The zero-order chi connectivity index (χ0) is 11.5. The number of morpholine rings is 1. The Balaban J connectivity index is 2.26. The molecule has 1 N–H and O–H groups in total. The van der Waals surface area contributed by atoms with Crippen molar-refractivity contribution < 1.29 is 9.84 Å². The lowest BCUT2D eigenvalue weighted by Crippen LogP contribution is -2.41. The summed E-state index contributed by atoms with van der Waals surface area (Å²) in [6, 6.07) is 5.97. The third-order valence-electron chi connectivity index (χ3n) is 2.80. The van der Waals surface area contributed by atoms with Crippen LogP contribution >= 0.6 is 15.9 Å². The quantitative estimate of drug-likeness (QED) is 0.904. The fourth-order valence-electron chi connectivity index (χ4n) is 2.00. The van der Waals surface area contributed by atoms with Crippen LogP contribution in [-0.2, 0) is 11.3 Å². The lowest BCUT2D eigenvalue weighted by atomic mass is 10.1. The molecule has 1 fully saturated rings. The maximum Gasteiger partial charge on any atom is 0.0722 e. The number of rotatable bonds is 2. The molecular weight excluding hydrogens is 270 g/mol.